The van der Waals surface area contributed by atoms with E-state index in [9.17, 15) is 8.42 Å². The molecule has 0 aromatic heterocycles. The number of hydrogen-bond donors (Lipinski definition) is 1. The first kappa shape index (κ1) is 17.1. The molecule has 17 heavy (non-hydrogen) atoms. The minimum absolute atomic E-state index is 0. The van der Waals surface area contributed by atoms with Crippen LogP contribution in [0, 0.1) is 0 Å². The lowest BCUT2D eigenvalue weighted by Crippen LogP contribution is -2.59. The Bertz CT molecular complexity index is 334. The van der Waals surface area contributed by atoms with Gasteiger partial charge in [0.1, 0.15) is 0 Å². The number of piperazine rings is 1. The maximum absolute atomic E-state index is 12.3. The lowest BCUT2D eigenvalue weighted by atomic mass is 10.2. The highest BCUT2D eigenvalue weighted by atomic mass is 35.5. The first-order chi connectivity index (χ1) is 7.26. The van der Waals surface area contributed by atoms with Crippen LogP contribution < -0.4 is 5.32 Å². The molecule has 0 aromatic rings. The average Bonchev–Trinajstić information content (AvgIpc) is 2.20. The van der Waals surface area contributed by atoms with E-state index in [-0.39, 0.29) is 30.5 Å². The summed E-state index contributed by atoms with van der Waals surface area (Å²) in [5, 5.41) is 3.28. The molecule has 5 nitrogen and oxygen atoms in total. The van der Waals surface area contributed by atoms with Crippen molar-refractivity contribution in [3.8, 4) is 0 Å². The fourth-order valence-electron chi connectivity index (χ4n) is 1.74. The van der Waals surface area contributed by atoms with E-state index in [4.69, 9.17) is 0 Å². The summed E-state index contributed by atoms with van der Waals surface area (Å²) in [7, 11) is -1.68. The number of halogens is 1. The van der Waals surface area contributed by atoms with Gasteiger partial charge in [-0.3, -0.25) is 0 Å². The summed E-state index contributed by atoms with van der Waals surface area (Å²) in [6, 6.07) is 0.219. The van der Waals surface area contributed by atoms with Crippen molar-refractivity contribution < 1.29 is 8.42 Å². The molecule has 1 heterocycles. The summed E-state index contributed by atoms with van der Waals surface area (Å²) in [6.07, 6.45) is 0. The fraction of sp³-hybridized carbons (Fsp3) is 1.00. The van der Waals surface area contributed by atoms with Gasteiger partial charge in [0.05, 0.1) is 0 Å². The van der Waals surface area contributed by atoms with Crippen LogP contribution in [-0.4, -0.2) is 55.3 Å². The van der Waals surface area contributed by atoms with Gasteiger partial charge in [0.2, 0.25) is 0 Å². The predicted octanol–water partition coefficient (Wildman–Crippen LogP) is 0.675. The van der Waals surface area contributed by atoms with Crippen LogP contribution in [0.15, 0.2) is 0 Å². The Kier molecular flexibility index (Phi) is 6.38. The lowest BCUT2D eigenvalue weighted by molar-refractivity contribution is 0.225. The van der Waals surface area contributed by atoms with Gasteiger partial charge in [-0.1, -0.05) is 0 Å². The van der Waals surface area contributed by atoms with E-state index in [2.05, 4.69) is 5.32 Å². The largest absolute Gasteiger partial charge is 0.311 e. The normalized spacial score (nSPS) is 27.2. The van der Waals surface area contributed by atoms with Crippen molar-refractivity contribution in [2.75, 3.05) is 20.1 Å². The van der Waals surface area contributed by atoms with Crippen LogP contribution in [0.25, 0.3) is 0 Å². The number of hydrogen-bond acceptors (Lipinski definition) is 3. The monoisotopic (exact) mass is 285 g/mol. The smallest absolute Gasteiger partial charge is 0.282 e. The number of rotatable bonds is 3. The summed E-state index contributed by atoms with van der Waals surface area (Å²) in [6.45, 7) is 8.96. The first-order valence-electron chi connectivity index (χ1n) is 5.75. The molecule has 0 spiro atoms. The maximum atomic E-state index is 12.3. The zero-order valence-corrected chi connectivity index (χ0v) is 12.8. The van der Waals surface area contributed by atoms with E-state index < -0.39 is 10.2 Å². The summed E-state index contributed by atoms with van der Waals surface area (Å²) >= 11 is 0. The van der Waals surface area contributed by atoms with Crippen LogP contribution in [0.2, 0.25) is 0 Å². The molecule has 2 atom stereocenters. The molecule has 0 bridgehead atoms. The van der Waals surface area contributed by atoms with Gasteiger partial charge in [-0.25, -0.2) is 0 Å². The highest BCUT2D eigenvalue weighted by Gasteiger charge is 2.35. The van der Waals surface area contributed by atoms with E-state index in [0.717, 1.165) is 0 Å². The molecular weight excluding hydrogens is 262 g/mol. The van der Waals surface area contributed by atoms with E-state index >= 15 is 0 Å². The van der Waals surface area contributed by atoms with Crippen LogP contribution in [-0.2, 0) is 10.2 Å². The van der Waals surface area contributed by atoms with Crippen molar-refractivity contribution >= 4 is 22.6 Å². The van der Waals surface area contributed by atoms with Crippen LogP contribution in [0.1, 0.15) is 27.7 Å². The highest BCUT2D eigenvalue weighted by Crippen LogP contribution is 2.16. The maximum Gasteiger partial charge on any atom is 0.282 e. The van der Waals surface area contributed by atoms with Crippen molar-refractivity contribution in [3.05, 3.63) is 0 Å². The summed E-state index contributed by atoms with van der Waals surface area (Å²) in [5.74, 6) is 0. The SMILES string of the molecule is CC1CN(S(=O)(=O)N(C)C(C)C)C(C)CN1.Cl. The highest BCUT2D eigenvalue weighted by molar-refractivity contribution is 7.86. The molecule has 1 aliphatic rings. The second-order valence-corrected chi connectivity index (χ2v) is 6.79. The second kappa shape index (κ2) is 6.33. The number of nitrogens with one attached hydrogen (secondary N) is 1. The van der Waals surface area contributed by atoms with E-state index in [0.29, 0.717) is 13.1 Å². The number of nitrogens with zero attached hydrogens (tertiary/aromatic N) is 2. The molecular formula is C10H24ClN3O2S. The Morgan fingerprint density at radius 1 is 1.35 bits per heavy atom. The van der Waals surface area contributed by atoms with Gasteiger partial charge in [-0.15, -0.1) is 12.4 Å². The molecule has 0 aromatic carbocycles. The van der Waals surface area contributed by atoms with Gasteiger partial charge in [0, 0.05) is 38.3 Å². The third kappa shape index (κ3) is 3.79. The van der Waals surface area contributed by atoms with E-state index in [1.807, 2.05) is 27.7 Å². The van der Waals surface area contributed by atoms with Gasteiger partial charge in [-0.05, 0) is 27.7 Å². The molecule has 0 saturated carbocycles. The molecule has 1 fully saturated rings. The van der Waals surface area contributed by atoms with Crippen molar-refractivity contribution in [1.82, 2.24) is 13.9 Å². The molecule has 1 aliphatic heterocycles. The van der Waals surface area contributed by atoms with Gasteiger partial charge < -0.3 is 5.32 Å². The summed E-state index contributed by atoms with van der Waals surface area (Å²) < 4.78 is 27.6. The Morgan fingerprint density at radius 2 is 1.88 bits per heavy atom. The fourth-order valence-corrected chi connectivity index (χ4v) is 3.55. The predicted molar refractivity (Wildman–Crippen MR) is 72.7 cm³/mol. The van der Waals surface area contributed by atoms with Crippen LogP contribution in [0.5, 0.6) is 0 Å². The van der Waals surface area contributed by atoms with Crippen molar-refractivity contribution in [3.63, 3.8) is 0 Å². The van der Waals surface area contributed by atoms with E-state index in [1.54, 1.807) is 11.4 Å². The van der Waals surface area contributed by atoms with E-state index in [1.165, 1.54) is 4.31 Å². The third-order valence-electron chi connectivity index (χ3n) is 3.09. The third-order valence-corrected chi connectivity index (χ3v) is 5.35. The molecule has 104 valence electrons. The van der Waals surface area contributed by atoms with Gasteiger partial charge in [0.15, 0.2) is 0 Å². The molecule has 2 unspecified atom stereocenters. The zero-order chi connectivity index (χ0) is 12.5. The molecule has 1 N–H and O–H groups in total. The lowest BCUT2D eigenvalue weighted by Gasteiger charge is -2.39. The topological polar surface area (TPSA) is 52.7 Å². The van der Waals surface area contributed by atoms with Crippen molar-refractivity contribution in [2.24, 2.45) is 0 Å². The zero-order valence-electron chi connectivity index (χ0n) is 11.2. The molecule has 0 radical (unpaired) electrons. The minimum Gasteiger partial charge on any atom is -0.311 e. The van der Waals surface area contributed by atoms with Gasteiger partial charge in [-0.2, -0.15) is 17.0 Å². The summed E-state index contributed by atoms with van der Waals surface area (Å²) in [4.78, 5) is 0. The van der Waals surface area contributed by atoms with Crippen molar-refractivity contribution in [1.29, 1.82) is 0 Å². The van der Waals surface area contributed by atoms with Crippen LogP contribution >= 0.6 is 12.4 Å². The Labute approximate surface area is 111 Å². The molecule has 1 saturated heterocycles. The summed E-state index contributed by atoms with van der Waals surface area (Å²) in [5.41, 5.74) is 0. The first-order valence-corrected chi connectivity index (χ1v) is 7.14. The molecule has 0 aliphatic carbocycles. The average molecular weight is 286 g/mol. The standard InChI is InChI=1S/C10H23N3O2S.ClH/c1-8(2)12(5)16(14,15)13-7-9(3)11-6-10(13)4;/h8-11H,6-7H2,1-5H3;1H. The van der Waals surface area contributed by atoms with Crippen LogP contribution in [0.4, 0.5) is 0 Å². The molecule has 1 rings (SSSR count). The second-order valence-electron chi connectivity index (χ2n) is 4.85. The minimum atomic E-state index is -3.32. The van der Waals surface area contributed by atoms with Gasteiger partial charge in [0.25, 0.3) is 10.2 Å². The molecule has 7 heteroatoms. The van der Waals surface area contributed by atoms with Gasteiger partial charge >= 0.3 is 0 Å². The quantitative estimate of drug-likeness (QED) is 0.829. The Hall–Kier alpha value is 0.120. The Morgan fingerprint density at radius 3 is 2.35 bits per heavy atom. The van der Waals surface area contributed by atoms with Crippen molar-refractivity contribution in [2.45, 2.75) is 45.8 Å². The van der Waals surface area contributed by atoms with Crippen LogP contribution in [0.3, 0.4) is 0 Å². The molecule has 0 amide bonds. The Balaban J connectivity index is 0.00000256.